The average Bonchev–Trinajstić information content (AvgIpc) is 3.13. The summed E-state index contributed by atoms with van der Waals surface area (Å²) in [7, 11) is 0. The summed E-state index contributed by atoms with van der Waals surface area (Å²) >= 11 is 0. The molecule has 3 nitrogen and oxygen atoms in total. The summed E-state index contributed by atoms with van der Waals surface area (Å²) in [5, 5.41) is 0. The molecule has 1 unspecified atom stereocenters. The summed E-state index contributed by atoms with van der Waals surface area (Å²) < 4.78 is 5.16. The van der Waals surface area contributed by atoms with E-state index in [2.05, 4.69) is 41.4 Å². The monoisotopic (exact) mass is 275 g/mol. The van der Waals surface area contributed by atoms with Crippen molar-refractivity contribution in [1.82, 2.24) is 4.98 Å². The molecule has 4 rings (SSSR count). The fraction of sp³-hybridized carbons (Fsp3) is 0.167. The van der Waals surface area contributed by atoms with Crippen LogP contribution in [0.2, 0.25) is 0 Å². The van der Waals surface area contributed by atoms with Gasteiger partial charge < -0.3 is 10.2 Å². The lowest BCUT2D eigenvalue weighted by Gasteiger charge is -2.15. The number of hydrogen-bond donors (Lipinski definition) is 1. The minimum Gasteiger partial charge on any atom is -0.432 e. The van der Waals surface area contributed by atoms with Crippen LogP contribution in [0.5, 0.6) is 0 Å². The number of anilines is 1. The highest BCUT2D eigenvalue weighted by molar-refractivity contribution is 5.66. The molecule has 3 aromatic rings. The highest BCUT2D eigenvalue weighted by Gasteiger charge is 2.26. The quantitative estimate of drug-likeness (QED) is 0.774. The van der Waals surface area contributed by atoms with E-state index in [0.29, 0.717) is 5.92 Å². The van der Waals surface area contributed by atoms with Crippen molar-refractivity contribution in [2.75, 3.05) is 5.73 Å². The van der Waals surface area contributed by atoms with Crippen LogP contribution >= 0.6 is 0 Å². The van der Waals surface area contributed by atoms with Crippen molar-refractivity contribution in [1.29, 1.82) is 0 Å². The van der Waals surface area contributed by atoms with Gasteiger partial charge in [-0.15, -0.1) is 0 Å². The molecule has 2 aromatic carbocycles. The van der Waals surface area contributed by atoms with Crippen LogP contribution in [0.3, 0.4) is 0 Å². The number of aryl methyl sites for hydroxylation is 1. The van der Waals surface area contributed by atoms with Gasteiger partial charge in [-0.3, -0.25) is 0 Å². The first-order valence-corrected chi connectivity index (χ1v) is 7.12. The highest BCUT2D eigenvalue weighted by Crippen LogP contribution is 2.41. The summed E-state index contributed by atoms with van der Waals surface area (Å²) in [4.78, 5) is 4.26. The molecule has 1 aliphatic rings. The number of fused-ring (bicyclic) bond motifs is 1. The molecular weight excluding hydrogens is 260 g/mol. The van der Waals surface area contributed by atoms with Crippen LogP contribution in [0.4, 0.5) is 6.01 Å². The van der Waals surface area contributed by atoms with E-state index in [1.807, 2.05) is 12.1 Å². The van der Waals surface area contributed by atoms with E-state index in [0.717, 1.165) is 24.1 Å². The molecule has 0 saturated heterocycles. The number of benzene rings is 2. The van der Waals surface area contributed by atoms with E-state index >= 15 is 0 Å². The molecular formula is C18H15N2O. The van der Waals surface area contributed by atoms with Crippen molar-refractivity contribution in [2.24, 2.45) is 0 Å². The van der Waals surface area contributed by atoms with E-state index in [-0.39, 0.29) is 6.01 Å². The molecule has 0 fully saturated rings. The fourth-order valence-electron chi connectivity index (χ4n) is 3.23. The van der Waals surface area contributed by atoms with Crippen molar-refractivity contribution >= 4 is 6.01 Å². The molecule has 2 N–H and O–H groups in total. The van der Waals surface area contributed by atoms with Crippen LogP contribution < -0.4 is 5.73 Å². The fourth-order valence-corrected chi connectivity index (χ4v) is 3.23. The lowest BCUT2D eigenvalue weighted by Crippen LogP contribution is -1.99. The van der Waals surface area contributed by atoms with Gasteiger partial charge >= 0.3 is 0 Å². The van der Waals surface area contributed by atoms with Crippen LogP contribution in [-0.4, -0.2) is 4.98 Å². The molecule has 3 heteroatoms. The van der Waals surface area contributed by atoms with Crippen molar-refractivity contribution in [3.05, 3.63) is 71.5 Å². The SMILES string of the molecule is Nc1nc(-c2ccc[c]c2C2CCc3ccccc32)co1. The van der Waals surface area contributed by atoms with Gasteiger partial charge in [0, 0.05) is 11.5 Å². The van der Waals surface area contributed by atoms with Crippen LogP contribution in [0, 0.1) is 6.07 Å². The summed E-state index contributed by atoms with van der Waals surface area (Å²) in [6, 6.07) is 18.2. The van der Waals surface area contributed by atoms with E-state index in [1.54, 1.807) is 6.26 Å². The van der Waals surface area contributed by atoms with Crippen LogP contribution in [-0.2, 0) is 6.42 Å². The smallest absolute Gasteiger partial charge is 0.292 e. The Kier molecular flexibility index (Phi) is 2.78. The second-order valence-electron chi connectivity index (χ2n) is 5.36. The Hall–Kier alpha value is -2.55. The Balaban J connectivity index is 1.84. The molecule has 0 bridgehead atoms. The van der Waals surface area contributed by atoms with Gasteiger partial charge in [-0.25, -0.2) is 0 Å². The molecule has 21 heavy (non-hydrogen) atoms. The minimum atomic E-state index is 0.201. The second kappa shape index (κ2) is 4.77. The first-order chi connectivity index (χ1) is 10.3. The topological polar surface area (TPSA) is 52.0 Å². The van der Waals surface area contributed by atoms with Gasteiger partial charge in [0.05, 0.1) is 0 Å². The Morgan fingerprint density at radius 1 is 1.19 bits per heavy atom. The third-order valence-electron chi connectivity index (χ3n) is 4.17. The maximum atomic E-state index is 5.61. The number of nitrogen functional groups attached to an aromatic ring is 1. The van der Waals surface area contributed by atoms with E-state index in [1.165, 1.54) is 16.7 Å². The molecule has 1 heterocycles. The lowest BCUT2D eigenvalue weighted by atomic mass is 9.88. The van der Waals surface area contributed by atoms with Crippen LogP contribution in [0.1, 0.15) is 29.0 Å². The number of rotatable bonds is 2. The molecule has 1 aliphatic carbocycles. The summed E-state index contributed by atoms with van der Waals surface area (Å²) in [6.07, 6.45) is 3.84. The standard InChI is InChI=1S/C18H15N2O/c19-18-20-17(11-21-18)16-8-4-3-7-14(16)15-10-9-12-5-1-2-6-13(12)15/h1-6,8,11,15H,9-10H2,(H2,19,20). The maximum absolute atomic E-state index is 5.61. The van der Waals surface area contributed by atoms with Gasteiger partial charge in [0.25, 0.3) is 6.01 Å². The zero-order valence-corrected chi connectivity index (χ0v) is 11.5. The molecule has 1 radical (unpaired) electrons. The number of hydrogen-bond acceptors (Lipinski definition) is 3. The Labute approximate surface area is 123 Å². The summed E-state index contributed by atoms with van der Waals surface area (Å²) in [5.74, 6) is 0.371. The third-order valence-corrected chi connectivity index (χ3v) is 4.17. The Morgan fingerprint density at radius 3 is 2.95 bits per heavy atom. The largest absolute Gasteiger partial charge is 0.432 e. The first kappa shape index (κ1) is 12.2. The predicted molar refractivity (Wildman–Crippen MR) is 81.8 cm³/mol. The Bertz CT molecular complexity index is 791. The molecule has 0 amide bonds. The second-order valence-corrected chi connectivity index (χ2v) is 5.36. The molecule has 1 aromatic heterocycles. The normalized spacial score (nSPS) is 16.9. The number of aromatic nitrogens is 1. The first-order valence-electron chi connectivity index (χ1n) is 7.12. The minimum absolute atomic E-state index is 0.201. The molecule has 0 aliphatic heterocycles. The summed E-state index contributed by atoms with van der Waals surface area (Å²) in [6.45, 7) is 0. The van der Waals surface area contributed by atoms with Gasteiger partial charge in [-0.2, -0.15) is 4.98 Å². The molecule has 0 spiro atoms. The summed E-state index contributed by atoms with van der Waals surface area (Å²) in [5.41, 5.74) is 11.5. The van der Waals surface area contributed by atoms with Gasteiger partial charge in [0.1, 0.15) is 12.0 Å². The lowest BCUT2D eigenvalue weighted by molar-refractivity contribution is 0.581. The maximum Gasteiger partial charge on any atom is 0.292 e. The van der Waals surface area contributed by atoms with Gasteiger partial charge in [-0.05, 0) is 35.6 Å². The highest BCUT2D eigenvalue weighted by atomic mass is 16.4. The van der Waals surface area contributed by atoms with E-state index < -0.39 is 0 Å². The molecule has 0 saturated carbocycles. The third kappa shape index (κ3) is 2.02. The molecule has 103 valence electrons. The van der Waals surface area contributed by atoms with Crippen LogP contribution in [0.25, 0.3) is 11.3 Å². The molecule has 1 atom stereocenters. The van der Waals surface area contributed by atoms with Crippen molar-refractivity contribution in [3.8, 4) is 11.3 Å². The average molecular weight is 275 g/mol. The predicted octanol–water partition coefficient (Wildman–Crippen LogP) is 3.80. The number of nitrogens with zero attached hydrogens (tertiary/aromatic N) is 1. The van der Waals surface area contributed by atoms with E-state index in [9.17, 15) is 0 Å². The van der Waals surface area contributed by atoms with Gasteiger partial charge in [0.2, 0.25) is 0 Å². The number of nitrogens with two attached hydrogens (primary N) is 1. The number of oxazole rings is 1. The zero-order chi connectivity index (χ0) is 14.2. The van der Waals surface area contributed by atoms with E-state index in [4.69, 9.17) is 10.2 Å². The van der Waals surface area contributed by atoms with Crippen molar-refractivity contribution < 1.29 is 4.42 Å². The van der Waals surface area contributed by atoms with Crippen molar-refractivity contribution in [3.63, 3.8) is 0 Å². The Morgan fingerprint density at radius 2 is 2.10 bits per heavy atom. The van der Waals surface area contributed by atoms with Crippen molar-refractivity contribution in [2.45, 2.75) is 18.8 Å². The zero-order valence-electron chi connectivity index (χ0n) is 11.5. The van der Waals surface area contributed by atoms with Gasteiger partial charge in [-0.1, -0.05) is 42.5 Å². The van der Waals surface area contributed by atoms with Gasteiger partial charge in [0.15, 0.2) is 0 Å². The van der Waals surface area contributed by atoms with Crippen LogP contribution in [0.15, 0.2) is 53.1 Å².